The van der Waals surface area contributed by atoms with E-state index >= 15 is 0 Å². The Morgan fingerprint density at radius 1 is 1.53 bits per heavy atom. The molecular weight excluding hydrogens is 236 g/mol. The minimum absolute atomic E-state index is 0.114. The molecule has 0 fully saturated rings. The minimum Gasteiger partial charge on any atom is -0.394 e. The van der Waals surface area contributed by atoms with E-state index in [0.717, 1.165) is 36.7 Å². The predicted octanol–water partition coefficient (Wildman–Crippen LogP) is 1.43. The second-order valence-electron chi connectivity index (χ2n) is 4.06. The summed E-state index contributed by atoms with van der Waals surface area (Å²) in [6.07, 6.45) is 4.50. The van der Waals surface area contributed by atoms with E-state index in [1.54, 1.807) is 11.8 Å². The van der Waals surface area contributed by atoms with Crippen molar-refractivity contribution < 1.29 is 5.11 Å². The molecule has 0 radical (unpaired) electrons. The number of aliphatic hydroxyl groups is 1. The molecule has 1 atom stereocenters. The fourth-order valence-corrected chi connectivity index (χ4v) is 2.58. The maximum atomic E-state index is 9.49. The molecule has 0 amide bonds. The second kappa shape index (κ2) is 7.68. The van der Waals surface area contributed by atoms with Crippen LogP contribution in [0.15, 0.2) is 11.5 Å². The molecule has 0 saturated carbocycles. The van der Waals surface area contributed by atoms with Crippen LogP contribution in [0.3, 0.4) is 0 Å². The Hall–Kier alpha value is -0.590. The molecule has 6 heteroatoms. The molecule has 0 spiro atoms. The number of aromatic amines is 1. The van der Waals surface area contributed by atoms with Gasteiger partial charge in [0.2, 0.25) is 0 Å². The largest absolute Gasteiger partial charge is 0.394 e. The average molecular weight is 258 g/mol. The van der Waals surface area contributed by atoms with Crippen molar-refractivity contribution in [2.45, 2.75) is 43.8 Å². The smallest absolute Gasteiger partial charge is 0.183 e. The number of aromatic nitrogens is 3. The van der Waals surface area contributed by atoms with Crippen LogP contribution in [0.25, 0.3) is 0 Å². The number of nitrogens with zero attached hydrogens (tertiary/aromatic N) is 2. The predicted molar refractivity (Wildman–Crippen MR) is 70.1 cm³/mol. The lowest BCUT2D eigenvalue weighted by Gasteiger charge is -2.31. The molecule has 0 saturated heterocycles. The average Bonchev–Trinajstić information content (AvgIpc) is 2.86. The van der Waals surface area contributed by atoms with Gasteiger partial charge in [0.1, 0.15) is 6.33 Å². The summed E-state index contributed by atoms with van der Waals surface area (Å²) >= 11 is 1.67. The van der Waals surface area contributed by atoms with Crippen molar-refractivity contribution in [1.82, 2.24) is 20.5 Å². The van der Waals surface area contributed by atoms with Crippen LogP contribution in [0.4, 0.5) is 0 Å². The van der Waals surface area contributed by atoms with Crippen LogP contribution in [-0.2, 0) is 0 Å². The topological polar surface area (TPSA) is 73.8 Å². The van der Waals surface area contributed by atoms with Gasteiger partial charge in [0.25, 0.3) is 0 Å². The van der Waals surface area contributed by atoms with E-state index in [4.69, 9.17) is 0 Å². The molecule has 0 aliphatic rings. The van der Waals surface area contributed by atoms with Gasteiger partial charge in [-0.15, -0.1) is 0 Å². The molecule has 98 valence electrons. The quantitative estimate of drug-likeness (QED) is 0.461. The van der Waals surface area contributed by atoms with Gasteiger partial charge in [0.15, 0.2) is 5.16 Å². The molecule has 3 N–H and O–H groups in total. The third-order valence-corrected chi connectivity index (χ3v) is 3.93. The van der Waals surface area contributed by atoms with Gasteiger partial charge >= 0.3 is 0 Å². The van der Waals surface area contributed by atoms with Crippen LogP contribution in [-0.4, -0.2) is 44.7 Å². The Morgan fingerprint density at radius 2 is 2.35 bits per heavy atom. The highest BCUT2D eigenvalue weighted by atomic mass is 32.2. The Bertz CT molecular complexity index is 288. The highest BCUT2D eigenvalue weighted by Gasteiger charge is 2.25. The zero-order valence-corrected chi connectivity index (χ0v) is 11.4. The summed E-state index contributed by atoms with van der Waals surface area (Å²) < 4.78 is 0. The SMILES string of the molecule is CCNC(CC)(CO)CCCSc1ncn[nH]1. The lowest BCUT2D eigenvalue weighted by Crippen LogP contribution is -2.48. The van der Waals surface area contributed by atoms with E-state index < -0.39 is 0 Å². The maximum Gasteiger partial charge on any atom is 0.183 e. The van der Waals surface area contributed by atoms with Crippen molar-refractivity contribution in [2.24, 2.45) is 0 Å². The van der Waals surface area contributed by atoms with Crippen molar-refractivity contribution in [3.8, 4) is 0 Å². The summed E-state index contributed by atoms with van der Waals surface area (Å²) in [6.45, 7) is 5.28. The summed E-state index contributed by atoms with van der Waals surface area (Å²) in [7, 11) is 0. The molecule has 5 nitrogen and oxygen atoms in total. The van der Waals surface area contributed by atoms with Crippen LogP contribution in [0.2, 0.25) is 0 Å². The van der Waals surface area contributed by atoms with E-state index in [2.05, 4.69) is 34.3 Å². The molecule has 1 unspecified atom stereocenters. The lowest BCUT2D eigenvalue weighted by atomic mass is 9.91. The summed E-state index contributed by atoms with van der Waals surface area (Å²) in [6, 6.07) is 0. The molecule has 0 aliphatic carbocycles. The van der Waals surface area contributed by atoms with Crippen LogP contribution in [0.5, 0.6) is 0 Å². The van der Waals surface area contributed by atoms with E-state index in [9.17, 15) is 5.11 Å². The van der Waals surface area contributed by atoms with Crippen molar-refractivity contribution in [3.05, 3.63) is 6.33 Å². The molecule has 0 aliphatic heterocycles. The van der Waals surface area contributed by atoms with Crippen molar-refractivity contribution in [2.75, 3.05) is 18.9 Å². The van der Waals surface area contributed by atoms with Crippen LogP contribution in [0.1, 0.15) is 33.1 Å². The number of H-pyrrole nitrogens is 1. The fourth-order valence-electron chi connectivity index (χ4n) is 1.86. The number of hydrogen-bond acceptors (Lipinski definition) is 5. The van der Waals surface area contributed by atoms with Crippen molar-refractivity contribution >= 4 is 11.8 Å². The summed E-state index contributed by atoms with van der Waals surface area (Å²) in [5.41, 5.74) is -0.114. The van der Waals surface area contributed by atoms with Crippen molar-refractivity contribution in [1.29, 1.82) is 0 Å². The Labute approximate surface area is 107 Å². The Kier molecular flexibility index (Phi) is 6.54. The first-order chi connectivity index (χ1) is 8.26. The molecule has 1 rings (SSSR count). The molecule has 1 aromatic rings. The number of aliphatic hydroxyl groups excluding tert-OH is 1. The first-order valence-corrected chi connectivity index (χ1v) is 7.09. The standard InChI is InChI=1S/C11H22N4OS/c1-3-11(8-16,13-4-2)6-5-7-17-10-12-9-14-15-10/h9,13,16H,3-8H2,1-2H3,(H,12,14,15). The maximum absolute atomic E-state index is 9.49. The van der Waals surface area contributed by atoms with E-state index in [0.29, 0.717) is 0 Å². The van der Waals surface area contributed by atoms with E-state index in [1.165, 1.54) is 6.33 Å². The van der Waals surface area contributed by atoms with Gasteiger partial charge in [0.05, 0.1) is 6.61 Å². The summed E-state index contributed by atoms with van der Waals surface area (Å²) in [5, 5.41) is 20.4. The molecule has 1 aromatic heterocycles. The van der Waals surface area contributed by atoms with Gasteiger partial charge < -0.3 is 10.4 Å². The number of rotatable bonds is 9. The number of likely N-dealkylation sites (N-methyl/N-ethyl adjacent to an activating group) is 1. The highest BCUT2D eigenvalue weighted by Crippen LogP contribution is 2.20. The third kappa shape index (κ3) is 4.65. The molecular formula is C11H22N4OS. The van der Waals surface area contributed by atoms with Crippen molar-refractivity contribution in [3.63, 3.8) is 0 Å². The van der Waals surface area contributed by atoms with E-state index in [-0.39, 0.29) is 12.1 Å². The van der Waals surface area contributed by atoms with Crippen LogP contribution in [0, 0.1) is 0 Å². The van der Waals surface area contributed by atoms with Gasteiger partial charge in [-0.25, -0.2) is 4.98 Å². The summed E-state index contributed by atoms with van der Waals surface area (Å²) in [5.74, 6) is 0.988. The zero-order chi connectivity index (χ0) is 12.6. The molecule has 0 aromatic carbocycles. The molecule has 0 bridgehead atoms. The lowest BCUT2D eigenvalue weighted by molar-refractivity contribution is 0.148. The van der Waals surface area contributed by atoms with E-state index in [1.807, 2.05) is 0 Å². The van der Waals surface area contributed by atoms with Gasteiger partial charge in [0, 0.05) is 11.3 Å². The fraction of sp³-hybridized carbons (Fsp3) is 0.818. The first-order valence-electron chi connectivity index (χ1n) is 6.10. The third-order valence-electron chi connectivity index (χ3n) is 2.96. The Balaban J connectivity index is 2.27. The minimum atomic E-state index is -0.114. The number of nitrogens with one attached hydrogen (secondary N) is 2. The van der Waals surface area contributed by atoms with Gasteiger partial charge in [-0.2, -0.15) is 5.10 Å². The number of thioether (sulfide) groups is 1. The van der Waals surface area contributed by atoms with Gasteiger partial charge in [-0.1, -0.05) is 25.6 Å². The van der Waals surface area contributed by atoms with Crippen LogP contribution >= 0.6 is 11.8 Å². The first kappa shape index (κ1) is 14.5. The molecule has 17 heavy (non-hydrogen) atoms. The second-order valence-corrected chi connectivity index (χ2v) is 5.15. The number of hydrogen-bond donors (Lipinski definition) is 3. The normalized spacial score (nSPS) is 14.8. The van der Waals surface area contributed by atoms with Gasteiger partial charge in [-0.05, 0) is 25.8 Å². The van der Waals surface area contributed by atoms with Gasteiger partial charge in [-0.3, -0.25) is 5.10 Å². The Morgan fingerprint density at radius 3 is 2.88 bits per heavy atom. The monoisotopic (exact) mass is 258 g/mol. The summed E-state index contributed by atoms with van der Waals surface area (Å²) in [4.78, 5) is 4.06. The van der Waals surface area contributed by atoms with Crippen LogP contribution < -0.4 is 5.32 Å². The highest BCUT2D eigenvalue weighted by molar-refractivity contribution is 7.99. The zero-order valence-electron chi connectivity index (χ0n) is 10.6. The molecule has 1 heterocycles.